The molecule has 3 rings (SSSR count). The van der Waals surface area contributed by atoms with Gasteiger partial charge in [0.05, 0.1) is 17.6 Å². The van der Waals surface area contributed by atoms with E-state index in [0.717, 1.165) is 23.3 Å². The third-order valence-electron chi connectivity index (χ3n) is 4.12. The highest BCUT2D eigenvalue weighted by atomic mass is 35.5. The third kappa shape index (κ3) is 4.07. The van der Waals surface area contributed by atoms with Crippen LogP contribution in [0, 0.1) is 10.1 Å². The van der Waals surface area contributed by atoms with Crippen molar-refractivity contribution in [2.45, 2.75) is 25.5 Å². The Morgan fingerprint density at radius 3 is 2.89 bits per heavy atom. The largest absolute Gasteiger partial charge is 0.376 e. The van der Waals surface area contributed by atoms with Gasteiger partial charge in [0.25, 0.3) is 17.2 Å². The van der Waals surface area contributed by atoms with Crippen molar-refractivity contribution in [2.24, 2.45) is 0 Å². The van der Waals surface area contributed by atoms with Crippen LogP contribution in [0.15, 0.2) is 34.0 Å². The van der Waals surface area contributed by atoms with Gasteiger partial charge in [0.1, 0.15) is 11.3 Å². The van der Waals surface area contributed by atoms with Gasteiger partial charge in [-0.2, -0.15) is 0 Å². The lowest BCUT2D eigenvalue weighted by Gasteiger charge is -2.12. The predicted octanol–water partition coefficient (Wildman–Crippen LogP) is 1.53. The first kappa shape index (κ1) is 18.8. The number of hydrogen-bond donors (Lipinski definition) is 2. The number of nitro benzene ring substituents is 1. The van der Waals surface area contributed by atoms with Crippen molar-refractivity contribution in [1.29, 1.82) is 0 Å². The molecule has 1 aliphatic rings. The lowest BCUT2D eigenvalue weighted by atomic mass is 10.2. The highest BCUT2D eigenvalue weighted by molar-refractivity contribution is 6.31. The summed E-state index contributed by atoms with van der Waals surface area (Å²) in [4.78, 5) is 49.7. The second-order valence-corrected chi connectivity index (χ2v) is 6.37. The van der Waals surface area contributed by atoms with Gasteiger partial charge in [-0.05, 0) is 25.0 Å². The Hall–Kier alpha value is -2.98. The summed E-state index contributed by atoms with van der Waals surface area (Å²) in [5.41, 5.74) is -2.37. The van der Waals surface area contributed by atoms with Gasteiger partial charge in [0, 0.05) is 23.9 Å². The maximum Gasteiger partial charge on any atom is 0.328 e. The molecule has 1 atom stereocenters. The van der Waals surface area contributed by atoms with Crippen molar-refractivity contribution in [1.82, 2.24) is 9.55 Å². The van der Waals surface area contributed by atoms with Gasteiger partial charge in [-0.25, -0.2) is 4.79 Å². The number of H-pyrrole nitrogens is 1. The molecule has 27 heavy (non-hydrogen) atoms. The zero-order valence-corrected chi connectivity index (χ0v) is 14.7. The number of hydrogen-bond acceptors (Lipinski definition) is 6. The van der Waals surface area contributed by atoms with E-state index in [-0.39, 0.29) is 34.6 Å². The van der Waals surface area contributed by atoms with E-state index >= 15 is 0 Å². The average molecular weight is 395 g/mol. The van der Waals surface area contributed by atoms with Crippen LogP contribution in [0.4, 0.5) is 11.4 Å². The number of benzene rings is 1. The number of nitrogens with one attached hydrogen (secondary N) is 2. The molecule has 0 bridgehead atoms. The van der Waals surface area contributed by atoms with Crippen molar-refractivity contribution >= 4 is 28.9 Å². The van der Waals surface area contributed by atoms with Gasteiger partial charge in [-0.15, -0.1) is 0 Å². The van der Waals surface area contributed by atoms with E-state index < -0.39 is 22.1 Å². The third-order valence-corrected chi connectivity index (χ3v) is 4.35. The Labute approximate surface area is 156 Å². The fourth-order valence-electron chi connectivity index (χ4n) is 2.79. The minimum absolute atomic E-state index is 0.0204. The molecule has 1 aromatic heterocycles. The number of anilines is 1. The molecule has 1 aromatic carbocycles. The number of aromatic nitrogens is 2. The maximum absolute atomic E-state index is 12.6. The van der Waals surface area contributed by atoms with Crippen LogP contribution in [0.1, 0.15) is 23.2 Å². The van der Waals surface area contributed by atoms with E-state index in [0.29, 0.717) is 13.0 Å². The molecule has 1 fully saturated rings. The Kier molecular flexibility index (Phi) is 5.38. The minimum Gasteiger partial charge on any atom is -0.376 e. The molecule has 1 amide bonds. The van der Waals surface area contributed by atoms with Crippen molar-refractivity contribution < 1.29 is 14.5 Å². The molecule has 2 aromatic rings. The average Bonchev–Trinajstić information content (AvgIpc) is 3.11. The molecule has 2 heterocycles. The first-order valence-electron chi connectivity index (χ1n) is 8.06. The van der Waals surface area contributed by atoms with Gasteiger partial charge in [0.15, 0.2) is 0 Å². The first-order valence-corrected chi connectivity index (χ1v) is 8.44. The predicted molar refractivity (Wildman–Crippen MR) is 96.4 cm³/mol. The van der Waals surface area contributed by atoms with Crippen LogP contribution in [-0.4, -0.2) is 33.1 Å². The monoisotopic (exact) mass is 394 g/mol. The summed E-state index contributed by atoms with van der Waals surface area (Å²) < 4.78 is 6.30. The van der Waals surface area contributed by atoms with Crippen LogP contribution in [0.25, 0.3) is 0 Å². The normalized spacial score (nSPS) is 16.3. The van der Waals surface area contributed by atoms with Crippen molar-refractivity contribution in [3.63, 3.8) is 0 Å². The zero-order chi connectivity index (χ0) is 19.6. The smallest absolute Gasteiger partial charge is 0.328 e. The number of aromatic amines is 1. The zero-order valence-electron chi connectivity index (χ0n) is 13.9. The molecule has 0 spiro atoms. The van der Waals surface area contributed by atoms with Crippen LogP contribution < -0.4 is 16.6 Å². The minimum atomic E-state index is -0.900. The number of nitro groups is 1. The Bertz CT molecular complexity index is 1010. The second-order valence-electron chi connectivity index (χ2n) is 5.93. The van der Waals surface area contributed by atoms with Gasteiger partial charge in [-0.3, -0.25) is 24.3 Å². The SMILES string of the molecule is O=C(Nc1cc(Cl)ccc1[N+](=O)[O-])c1c[nH]c(=O)n(CC2CCCO2)c1=O. The first-order chi connectivity index (χ1) is 12.9. The van der Waals surface area contributed by atoms with Crippen molar-refractivity contribution in [3.8, 4) is 0 Å². The van der Waals surface area contributed by atoms with E-state index in [1.807, 2.05) is 0 Å². The quantitative estimate of drug-likeness (QED) is 0.582. The summed E-state index contributed by atoms with van der Waals surface area (Å²) >= 11 is 5.82. The van der Waals surface area contributed by atoms with Gasteiger partial charge < -0.3 is 15.0 Å². The van der Waals surface area contributed by atoms with Crippen LogP contribution in [-0.2, 0) is 11.3 Å². The summed E-state index contributed by atoms with van der Waals surface area (Å²) in [6.45, 7) is 0.572. The summed E-state index contributed by atoms with van der Waals surface area (Å²) in [6, 6.07) is 3.65. The molecule has 0 saturated carbocycles. The van der Waals surface area contributed by atoms with E-state index in [1.54, 1.807) is 0 Å². The van der Waals surface area contributed by atoms with Crippen LogP contribution in [0.3, 0.4) is 0 Å². The lowest BCUT2D eigenvalue weighted by Crippen LogP contribution is -2.41. The van der Waals surface area contributed by atoms with E-state index in [9.17, 15) is 24.5 Å². The summed E-state index contributed by atoms with van der Waals surface area (Å²) in [7, 11) is 0. The highest BCUT2D eigenvalue weighted by Gasteiger charge is 2.22. The Morgan fingerprint density at radius 1 is 1.44 bits per heavy atom. The fraction of sp³-hybridized carbons (Fsp3) is 0.312. The Balaban J connectivity index is 1.92. The second kappa shape index (κ2) is 7.72. The van der Waals surface area contributed by atoms with Gasteiger partial charge in [0.2, 0.25) is 0 Å². The number of nitrogens with zero attached hydrogens (tertiary/aromatic N) is 2. The van der Waals surface area contributed by atoms with Crippen molar-refractivity contribution in [3.05, 3.63) is 65.9 Å². The topological polar surface area (TPSA) is 136 Å². The highest BCUT2D eigenvalue weighted by Crippen LogP contribution is 2.27. The van der Waals surface area contributed by atoms with E-state index in [1.165, 1.54) is 12.1 Å². The molecule has 11 heteroatoms. The Morgan fingerprint density at radius 2 is 2.22 bits per heavy atom. The fourth-order valence-corrected chi connectivity index (χ4v) is 2.96. The molecule has 1 unspecified atom stereocenters. The number of halogens is 1. The molecule has 2 N–H and O–H groups in total. The van der Waals surface area contributed by atoms with Crippen LogP contribution >= 0.6 is 11.6 Å². The van der Waals surface area contributed by atoms with Gasteiger partial charge in [-0.1, -0.05) is 11.6 Å². The summed E-state index contributed by atoms with van der Waals surface area (Å²) in [5.74, 6) is -0.900. The molecular formula is C16H15ClN4O6. The molecule has 1 aliphatic heterocycles. The molecule has 0 aliphatic carbocycles. The number of carbonyl (C=O) groups is 1. The maximum atomic E-state index is 12.6. The summed E-state index contributed by atoms with van der Waals surface area (Å²) in [5, 5.41) is 13.6. The molecular weight excluding hydrogens is 380 g/mol. The number of ether oxygens (including phenoxy) is 1. The molecule has 142 valence electrons. The van der Waals surface area contributed by atoms with Crippen molar-refractivity contribution in [2.75, 3.05) is 11.9 Å². The lowest BCUT2D eigenvalue weighted by molar-refractivity contribution is -0.383. The molecule has 0 radical (unpaired) electrons. The van der Waals surface area contributed by atoms with Gasteiger partial charge >= 0.3 is 5.69 Å². The number of rotatable bonds is 5. The standard InChI is InChI=1S/C16H15ClN4O6/c17-9-3-4-13(21(25)26)12(6-9)19-14(22)11-7-18-16(24)20(15(11)23)8-10-2-1-5-27-10/h3-4,6-7,10H,1-2,5,8H2,(H,18,24)(H,19,22). The number of amides is 1. The van der Waals surface area contributed by atoms with Crippen LogP contribution in [0.5, 0.6) is 0 Å². The van der Waals surface area contributed by atoms with E-state index in [4.69, 9.17) is 16.3 Å². The number of carbonyl (C=O) groups excluding carboxylic acids is 1. The van der Waals surface area contributed by atoms with E-state index in [2.05, 4.69) is 10.3 Å². The summed E-state index contributed by atoms with van der Waals surface area (Å²) in [6.07, 6.45) is 2.23. The molecule has 10 nitrogen and oxygen atoms in total. The molecule has 1 saturated heterocycles. The van der Waals surface area contributed by atoms with Crippen LogP contribution in [0.2, 0.25) is 5.02 Å².